The predicted molar refractivity (Wildman–Crippen MR) is 85.0 cm³/mol. The highest BCUT2D eigenvalue weighted by Gasteiger charge is 2.12. The van der Waals surface area contributed by atoms with Crippen LogP contribution in [0.4, 0.5) is 0 Å². The summed E-state index contributed by atoms with van der Waals surface area (Å²) in [5.74, 6) is 0. The molecule has 4 aromatic rings. The van der Waals surface area contributed by atoms with Crippen LogP contribution in [-0.4, -0.2) is 25.2 Å². The number of aromatic nitrogens is 5. The summed E-state index contributed by atoms with van der Waals surface area (Å²) in [6.07, 6.45) is 0. The smallest absolute Gasteiger partial charge is 0.216 e. The van der Waals surface area contributed by atoms with Crippen molar-refractivity contribution in [1.82, 2.24) is 25.2 Å². The van der Waals surface area contributed by atoms with Crippen molar-refractivity contribution in [3.8, 4) is 0 Å². The molecule has 0 aliphatic rings. The number of para-hydroxylation sites is 1. The number of thiophene rings is 1. The molecule has 0 aliphatic heterocycles. The third-order valence-electron chi connectivity index (χ3n) is 2.84. The van der Waals surface area contributed by atoms with E-state index in [1.54, 1.807) is 22.7 Å². The maximum Gasteiger partial charge on any atom is 0.216 e. The predicted octanol–water partition coefficient (Wildman–Crippen LogP) is 3.54. The third kappa shape index (κ3) is 2.69. The fourth-order valence-corrected chi connectivity index (χ4v) is 4.52. The maximum absolute atomic E-state index is 4.60. The van der Waals surface area contributed by atoms with Crippen LogP contribution in [0.25, 0.3) is 10.2 Å². The quantitative estimate of drug-likeness (QED) is 0.572. The Morgan fingerprint density at radius 2 is 2.10 bits per heavy atom. The molecule has 0 saturated heterocycles. The topological polar surface area (TPSA) is 56.5 Å². The van der Waals surface area contributed by atoms with Crippen LogP contribution in [0.2, 0.25) is 0 Å². The highest BCUT2D eigenvalue weighted by Crippen LogP contribution is 2.33. The summed E-state index contributed by atoms with van der Waals surface area (Å²) < 4.78 is 3.94. The normalized spacial score (nSPS) is 11.2. The zero-order valence-electron chi connectivity index (χ0n) is 10.7. The molecule has 0 atom stereocenters. The monoisotopic (exact) mass is 331 g/mol. The Labute approximate surface area is 132 Å². The van der Waals surface area contributed by atoms with E-state index in [1.807, 2.05) is 28.9 Å². The molecule has 0 radical (unpaired) electrons. The minimum absolute atomic E-state index is 0.692. The van der Waals surface area contributed by atoms with Crippen molar-refractivity contribution < 1.29 is 0 Å². The van der Waals surface area contributed by atoms with E-state index in [-0.39, 0.29) is 0 Å². The van der Waals surface area contributed by atoms with Crippen molar-refractivity contribution >= 4 is 44.7 Å². The lowest BCUT2D eigenvalue weighted by molar-refractivity contribution is 0.608. The average Bonchev–Trinajstić information content (AvgIpc) is 3.21. The Morgan fingerprint density at radius 1 is 1.14 bits per heavy atom. The van der Waals surface area contributed by atoms with E-state index >= 15 is 0 Å². The summed E-state index contributed by atoms with van der Waals surface area (Å²) in [6, 6.07) is 12.2. The van der Waals surface area contributed by atoms with Gasteiger partial charge in [-0.1, -0.05) is 18.2 Å². The molecule has 0 aliphatic carbocycles. The van der Waals surface area contributed by atoms with E-state index in [0.717, 1.165) is 15.0 Å². The zero-order chi connectivity index (χ0) is 14.1. The van der Waals surface area contributed by atoms with Gasteiger partial charge in [0.2, 0.25) is 5.16 Å². The molecule has 8 heteroatoms. The lowest BCUT2D eigenvalue weighted by Crippen LogP contribution is -2.02. The Morgan fingerprint density at radius 3 is 2.95 bits per heavy atom. The lowest BCUT2D eigenvalue weighted by Gasteiger charge is -2.00. The number of thiazole rings is 1. The molecule has 3 heterocycles. The van der Waals surface area contributed by atoms with Crippen LogP contribution in [0.15, 0.2) is 51.3 Å². The van der Waals surface area contributed by atoms with Gasteiger partial charge in [0.25, 0.3) is 0 Å². The Hall–Kier alpha value is -1.77. The highest BCUT2D eigenvalue weighted by atomic mass is 32.2. The summed E-state index contributed by atoms with van der Waals surface area (Å²) in [5, 5.41) is 14.8. The Bertz CT molecular complexity index is 832. The van der Waals surface area contributed by atoms with E-state index in [1.165, 1.54) is 21.3 Å². The molecule has 4 rings (SSSR count). The van der Waals surface area contributed by atoms with Gasteiger partial charge in [0.15, 0.2) is 4.34 Å². The van der Waals surface area contributed by atoms with Crippen molar-refractivity contribution in [1.29, 1.82) is 0 Å². The molecular formula is C13H9N5S3. The van der Waals surface area contributed by atoms with Crippen LogP contribution < -0.4 is 0 Å². The van der Waals surface area contributed by atoms with Crippen LogP contribution in [-0.2, 0) is 6.54 Å². The fraction of sp³-hybridized carbons (Fsp3) is 0.0769. The van der Waals surface area contributed by atoms with Gasteiger partial charge in [-0.05, 0) is 45.8 Å². The van der Waals surface area contributed by atoms with Crippen molar-refractivity contribution in [2.45, 2.75) is 16.0 Å². The summed E-state index contributed by atoms with van der Waals surface area (Å²) in [7, 11) is 0. The van der Waals surface area contributed by atoms with Gasteiger partial charge in [0, 0.05) is 4.88 Å². The highest BCUT2D eigenvalue weighted by molar-refractivity contribution is 8.01. The SMILES string of the molecule is c1csc(Cn2nnnc2Sc2nc3ccccc3s2)c1. The molecular weight excluding hydrogens is 322 g/mol. The van der Waals surface area contributed by atoms with Crippen LogP contribution in [0.1, 0.15) is 4.88 Å². The van der Waals surface area contributed by atoms with Crippen molar-refractivity contribution in [3.05, 3.63) is 46.7 Å². The number of nitrogens with zero attached hydrogens (tertiary/aromatic N) is 5. The zero-order valence-corrected chi connectivity index (χ0v) is 13.2. The molecule has 21 heavy (non-hydrogen) atoms. The van der Waals surface area contributed by atoms with Gasteiger partial charge in [-0.25, -0.2) is 9.67 Å². The number of rotatable bonds is 4. The first-order valence-electron chi connectivity index (χ1n) is 6.20. The minimum atomic E-state index is 0.692. The molecule has 0 saturated carbocycles. The second-order valence-corrected chi connectivity index (χ2v) is 7.53. The second-order valence-electron chi connectivity index (χ2n) is 4.25. The average molecular weight is 331 g/mol. The van der Waals surface area contributed by atoms with Gasteiger partial charge in [-0.15, -0.1) is 27.8 Å². The van der Waals surface area contributed by atoms with Gasteiger partial charge in [0.05, 0.1) is 16.8 Å². The van der Waals surface area contributed by atoms with Crippen molar-refractivity contribution in [3.63, 3.8) is 0 Å². The van der Waals surface area contributed by atoms with Crippen LogP contribution in [0.3, 0.4) is 0 Å². The summed E-state index contributed by atoms with van der Waals surface area (Å²) >= 11 is 4.87. The van der Waals surface area contributed by atoms with E-state index in [4.69, 9.17) is 0 Å². The maximum atomic E-state index is 4.60. The van der Waals surface area contributed by atoms with Crippen LogP contribution >= 0.6 is 34.4 Å². The van der Waals surface area contributed by atoms with Crippen LogP contribution in [0, 0.1) is 0 Å². The number of hydrogen-bond acceptors (Lipinski definition) is 7. The molecule has 0 amide bonds. The van der Waals surface area contributed by atoms with E-state index in [2.05, 4.69) is 38.0 Å². The second kappa shape index (κ2) is 5.55. The van der Waals surface area contributed by atoms with Gasteiger partial charge < -0.3 is 0 Å². The number of fused-ring (bicyclic) bond motifs is 1. The largest absolute Gasteiger partial charge is 0.229 e. The molecule has 0 unspecified atom stereocenters. The van der Waals surface area contributed by atoms with Crippen molar-refractivity contribution in [2.24, 2.45) is 0 Å². The lowest BCUT2D eigenvalue weighted by atomic mass is 10.3. The number of tetrazole rings is 1. The van der Waals surface area contributed by atoms with Gasteiger partial charge in [0.1, 0.15) is 0 Å². The van der Waals surface area contributed by atoms with E-state index in [0.29, 0.717) is 6.54 Å². The Balaban J connectivity index is 1.61. The summed E-state index contributed by atoms with van der Waals surface area (Å²) in [4.78, 5) is 5.83. The molecule has 104 valence electrons. The van der Waals surface area contributed by atoms with Crippen molar-refractivity contribution in [2.75, 3.05) is 0 Å². The summed E-state index contributed by atoms with van der Waals surface area (Å²) in [6.45, 7) is 0.692. The fourth-order valence-electron chi connectivity index (χ4n) is 1.89. The van der Waals surface area contributed by atoms with Gasteiger partial charge in [-0.2, -0.15) is 0 Å². The molecule has 1 aromatic carbocycles. The number of hydrogen-bond donors (Lipinski definition) is 0. The molecule has 0 bridgehead atoms. The van der Waals surface area contributed by atoms with E-state index < -0.39 is 0 Å². The summed E-state index contributed by atoms with van der Waals surface area (Å²) in [5.41, 5.74) is 1.02. The molecule has 3 aromatic heterocycles. The van der Waals surface area contributed by atoms with Gasteiger partial charge in [-0.3, -0.25) is 0 Å². The first-order valence-corrected chi connectivity index (χ1v) is 8.72. The molecule has 0 N–H and O–H groups in total. The minimum Gasteiger partial charge on any atom is -0.229 e. The molecule has 0 spiro atoms. The Kier molecular flexibility index (Phi) is 3.42. The van der Waals surface area contributed by atoms with Crippen LogP contribution in [0.5, 0.6) is 0 Å². The number of benzene rings is 1. The molecule has 0 fully saturated rings. The first kappa shape index (κ1) is 12.9. The standard InChI is InChI=1S/C13H9N5S3/c1-2-6-11-10(5-1)14-13(20-11)21-12-15-16-17-18(12)8-9-4-3-7-19-9/h1-7H,8H2. The third-order valence-corrected chi connectivity index (χ3v) is 5.77. The first-order chi connectivity index (χ1) is 10.4. The van der Waals surface area contributed by atoms with Gasteiger partial charge >= 0.3 is 0 Å². The van der Waals surface area contributed by atoms with E-state index in [9.17, 15) is 0 Å². The molecule has 5 nitrogen and oxygen atoms in total.